The van der Waals surface area contributed by atoms with Crippen LogP contribution in [0.3, 0.4) is 0 Å². The van der Waals surface area contributed by atoms with Gasteiger partial charge in [0.1, 0.15) is 17.1 Å². The Balaban J connectivity index is 2.39. The Kier molecular flexibility index (Phi) is 4.27. The van der Waals surface area contributed by atoms with Crippen molar-refractivity contribution in [3.05, 3.63) is 56.5 Å². The van der Waals surface area contributed by atoms with Crippen LogP contribution in [0.2, 0.25) is 0 Å². The van der Waals surface area contributed by atoms with Crippen LogP contribution >= 0.6 is 31.9 Å². The Hall–Kier alpha value is -1.33. The molecule has 0 saturated carbocycles. The van der Waals surface area contributed by atoms with E-state index in [4.69, 9.17) is 9.84 Å². The van der Waals surface area contributed by atoms with Crippen molar-refractivity contribution >= 4 is 37.8 Å². The van der Waals surface area contributed by atoms with Crippen molar-refractivity contribution in [1.29, 1.82) is 0 Å². The van der Waals surface area contributed by atoms with Crippen LogP contribution in [-0.2, 0) is 0 Å². The zero-order valence-corrected chi connectivity index (χ0v) is 13.2. The first kappa shape index (κ1) is 14.1. The van der Waals surface area contributed by atoms with Gasteiger partial charge in [-0.05, 0) is 48.9 Å². The molecule has 0 aliphatic rings. The highest BCUT2D eigenvalue weighted by Gasteiger charge is 2.12. The molecule has 0 saturated heterocycles. The van der Waals surface area contributed by atoms with Gasteiger partial charge in [-0.1, -0.05) is 31.9 Å². The van der Waals surface area contributed by atoms with Gasteiger partial charge in [-0.2, -0.15) is 0 Å². The van der Waals surface area contributed by atoms with Gasteiger partial charge in [-0.25, -0.2) is 4.79 Å². The largest absolute Gasteiger partial charge is 0.478 e. The topological polar surface area (TPSA) is 46.5 Å². The van der Waals surface area contributed by atoms with Crippen LogP contribution in [0.1, 0.15) is 15.9 Å². The van der Waals surface area contributed by atoms with E-state index in [1.54, 1.807) is 18.2 Å². The highest BCUT2D eigenvalue weighted by molar-refractivity contribution is 9.10. The number of aryl methyl sites for hydroxylation is 1. The summed E-state index contributed by atoms with van der Waals surface area (Å²) in [6.07, 6.45) is 0. The third-order valence-electron chi connectivity index (χ3n) is 2.53. The fourth-order valence-electron chi connectivity index (χ4n) is 1.56. The first-order chi connectivity index (χ1) is 8.97. The third-order valence-corrected chi connectivity index (χ3v) is 3.91. The summed E-state index contributed by atoms with van der Waals surface area (Å²) in [6, 6.07) is 10.3. The summed E-state index contributed by atoms with van der Waals surface area (Å²) in [4.78, 5) is 11.1. The quantitative estimate of drug-likeness (QED) is 0.807. The smallest absolute Gasteiger partial charge is 0.339 e. The van der Waals surface area contributed by atoms with Crippen LogP contribution in [0.15, 0.2) is 45.3 Å². The molecule has 2 rings (SSSR count). The highest BCUT2D eigenvalue weighted by Crippen LogP contribution is 2.30. The molecule has 0 aromatic heterocycles. The predicted molar refractivity (Wildman–Crippen MR) is 80.1 cm³/mol. The predicted octanol–water partition coefficient (Wildman–Crippen LogP) is 5.01. The van der Waals surface area contributed by atoms with Crippen LogP contribution in [0, 0.1) is 6.92 Å². The molecule has 1 N–H and O–H groups in total. The Morgan fingerprint density at radius 3 is 2.53 bits per heavy atom. The Labute approximate surface area is 127 Å². The van der Waals surface area contributed by atoms with Gasteiger partial charge in [0.25, 0.3) is 0 Å². The molecule has 0 radical (unpaired) electrons. The number of hydrogen-bond donors (Lipinski definition) is 1. The molecule has 19 heavy (non-hydrogen) atoms. The summed E-state index contributed by atoms with van der Waals surface area (Å²) in [5.41, 5.74) is 1.15. The molecule has 0 spiro atoms. The minimum absolute atomic E-state index is 0.128. The second kappa shape index (κ2) is 5.75. The molecule has 0 aliphatic heterocycles. The number of benzene rings is 2. The molecule has 3 nitrogen and oxygen atoms in total. The number of aromatic carboxylic acids is 1. The Morgan fingerprint density at radius 2 is 1.89 bits per heavy atom. The van der Waals surface area contributed by atoms with Gasteiger partial charge in [0.15, 0.2) is 0 Å². The molecule has 0 aliphatic carbocycles. The van der Waals surface area contributed by atoms with E-state index in [0.717, 1.165) is 14.5 Å². The van der Waals surface area contributed by atoms with E-state index in [1.807, 2.05) is 19.1 Å². The molecule has 2 aromatic rings. The van der Waals surface area contributed by atoms with E-state index in [1.165, 1.54) is 6.07 Å². The summed E-state index contributed by atoms with van der Waals surface area (Å²) < 4.78 is 7.40. The summed E-state index contributed by atoms with van der Waals surface area (Å²) >= 11 is 6.71. The second-order valence-corrected chi connectivity index (χ2v) is 5.73. The fourth-order valence-corrected chi connectivity index (χ4v) is 2.15. The molecule has 0 unspecified atom stereocenters. The molecule has 0 atom stereocenters. The Morgan fingerprint density at radius 1 is 1.16 bits per heavy atom. The van der Waals surface area contributed by atoms with Gasteiger partial charge in [0.2, 0.25) is 0 Å². The van der Waals surface area contributed by atoms with Gasteiger partial charge in [0.05, 0.1) is 0 Å². The average Bonchev–Trinajstić information content (AvgIpc) is 2.33. The standard InChI is InChI=1S/C14H10Br2O3/c1-8-6-10(3-5-12(8)16)19-13-7-9(15)2-4-11(13)14(17)18/h2-7H,1H3,(H,17,18). The van der Waals surface area contributed by atoms with Crippen LogP contribution in [0.25, 0.3) is 0 Å². The molecule has 2 aromatic carbocycles. The van der Waals surface area contributed by atoms with Gasteiger partial charge >= 0.3 is 5.97 Å². The highest BCUT2D eigenvalue weighted by atomic mass is 79.9. The van der Waals surface area contributed by atoms with Crippen molar-refractivity contribution < 1.29 is 14.6 Å². The van der Waals surface area contributed by atoms with Crippen LogP contribution in [0.5, 0.6) is 11.5 Å². The lowest BCUT2D eigenvalue weighted by molar-refractivity contribution is 0.0694. The molecule has 98 valence electrons. The third kappa shape index (κ3) is 3.36. The lowest BCUT2D eigenvalue weighted by Crippen LogP contribution is -2.00. The number of hydrogen-bond acceptors (Lipinski definition) is 2. The van der Waals surface area contributed by atoms with Gasteiger partial charge in [-0.3, -0.25) is 0 Å². The van der Waals surface area contributed by atoms with E-state index in [9.17, 15) is 4.79 Å². The van der Waals surface area contributed by atoms with Crippen molar-refractivity contribution in [2.24, 2.45) is 0 Å². The molecule has 0 bridgehead atoms. The minimum Gasteiger partial charge on any atom is -0.478 e. The molecular weight excluding hydrogens is 376 g/mol. The van der Waals surface area contributed by atoms with Crippen molar-refractivity contribution in [2.75, 3.05) is 0 Å². The normalized spacial score (nSPS) is 10.3. The van der Waals surface area contributed by atoms with Gasteiger partial charge < -0.3 is 9.84 Å². The van der Waals surface area contributed by atoms with Gasteiger partial charge in [-0.15, -0.1) is 0 Å². The SMILES string of the molecule is Cc1cc(Oc2cc(Br)ccc2C(=O)O)ccc1Br. The van der Waals surface area contributed by atoms with Crippen molar-refractivity contribution in [3.8, 4) is 11.5 Å². The van der Waals surface area contributed by atoms with E-state index < -0.39 is 5.97 Å². The Bertz CT molecular complexity index is 639. The van der Waals surface area contributed by atoms with Crippen LogP contribution < -0.4 is 4.74 Å². The number of halogens is 2. The first-order valence-corrected chi connectivity index (χ1v) is 7.03. The monoisotopic (exact) mass is 384 g/mol. The number of carboxylic acid groups (broad SMARTS) is 1. The molecule has 5 heteroatoms. The average molecular weight is 386 g/mol. The molecule has 0 heterocycles. The number of ether oxygens (including phenoxy) is 1. The van der Waals surface area contributed by atoms with E-state index in [0.29, 0.717) is 11.5 Å². The van der Waals surface area contributed by atoms with E-state index in [-0.39, 0.29) is 5.56 Å². The van der Waals surface area contributed by atoms with Crippen LogP contribution in [0.4, 0.5) is 0 Å². The number of rotatable bonds is 3. The summed E-state index contributed by atoms with van der Waals surface area (Å²) in [5, 5.41) is 9.13. The van der Waals surface area contributed by atoms with Gasteiger partial charge in [0, 0.05) is 8.95 Å². The molecule has 0 fully saturated rings. The van der Waals surface area contributed by atoms with Crippen molar-refractivity contribution in [2.45, 2.75) is 6.92 Å². The van der Waals surface area contributed by atoms with Crippen molar-refractivity contribution in [3.63, 3.8) is 0 Å². The second-order valence-electron chi connectivity index (χ2n) is 3.96. The van der Waals surface area contributed by atoms with E-state index in [2.05, 4.69) is 31.9 Å². The van der Waals surface area contributed by atoms with Crippen LogP contribution in [-0.4, -0.2) is 11.1 Å². The lowest BCUT2D eigenvalue weighted by atomic mass is 10.2. The maximum absolute atomic E-state index is 11.1. The lowest BCUT2D eigenvalue weighted by Gasteiger charge is -2.10. The van der Waals surface area contributed by atoms with Crippen molar-refractivity contribution in [1.82, 2.24) is 0 Å². The number of carboxylic acids is 1. The summed E-state index contributed by atoms with van der Waals surface area (Å²) in [5.74, 6) is -0.110. The van der Waals surface area contributed by atoms with E-state index >= 15 is 0 Å². The fraction of sp³-hybridized carbons (Fsp3) is 0.0714. The number of carbonyl (C=O) groups is 1. The molecule has 0 amide bonds. The molecular formula is C14H10Br2O3. The summed E-state index contributed by atoms with van der Waals surface area (Å²) in [7, 11) is 0. The minimum atomic E-state index is -1.02. The first-order valence-electron chi connectivity index (χ1n) is 5.44. The maximum Gasteiger partial charge on any atom is 0.339 e. The zero-order chi connectivity index (χ0) is 14.0. The maximum atomic E-state index is 11.1. The summed E-state index contributed by atoms with van der Waals surface area (Å²) in [6.45, 7) is 1.94. The zero-order valence-electron chi connectivity index (χ0n) is 9.98.